The van der Waals surface area contributed by atoms with Gasteiger partial charge < -0.3 is 0 Å². The lowest BCUT2D eigenvalue weighted by atomic mass is 9.71. The van der Waals surface area contributed by atoms with E-state index >= 15 is 0 Å². The maximum absolute atomic E-state index is 6.21. The second-order valence-electron chi connectivity index (χ2n) is 4.82. The van der Waals surface area contributed by atoms with E-state index in [4.69, 9.17) is 11.6 Å². The fourth-order valence-electron chi connectivity index (χ4n) is 2.46. The van der Waals surface area contributed by atoms with E-state index in [0.29, 0.717) is 5.92 Å². The van der Waals surface area contributed by atoms with Gasteiger partial charge in [0, 0.05) is 16.1 Å². The molecule has 3 rings (SSSR count). The Balaban J connectivity index is 2.07. The first kappa shape index (κ1) is 10.7. The Labute approximate surface area is 108 Å². The Kier molecular flexibility index (Phi) is 2.37. The first-order valence-electron chi connectivity index (χ1n) is 5.48. The highest BCUT2D eigenvalue weighted by atomic mass is 79.9. The number of azo groups is 1. The molecule has 0 aromatic heterocycles. The van der Waals surface area contributed by atoms with Crippen molar-refractivity contribution in [3.8, 4) is 0 Å². The van der Waals surface area contributed by atoms with Crippen LogP contribution in [0.15, 0.2) is 43.7 Å². The summed E-state index contributed by atoms with van der Waals surface area (Å²) in [6.07, 6.45) is 8.66. The van der Waals surface area contributed by atoms with Gasteiger partial charge in [0.1, 0.15) is 6.04 Å². The molecule has 1 heterocycles. The summed E-state index contributed by atoms with van der Waals surface area (Å²) >= 11 is 9.67. The Morgan fingerprint density at radius 2 is 2.25 bits per heavy atom. The molecule has 0 saturated heterocycles. The van der Waals surface area contributed by atoms with Crippen LogP contribution in [0.1, 0.15) is 19.8 Å². The molecule has 0 N–H and O–H groups in total. The van der Waals surface area contributed by atoms with Gasteiger partial charge >= 0.3 is 0 Å². The van der Waals surface area contributed by atoms with E-state index in [1.165, 1.54) is 18.4 Å². The average Bonchev–Trinajstić information content (AvgIpc) is 3.03. The Morgan fingerprint density at radius 1 is 1.50 bits per heavy atom. The van der Waals surface area contributed by atoms with Gasteiger partial charge in [-0.15, -0.1) is 0 Å². The third-order valence-electron chi connectivity index (χ3n) is 3.60. The summed E-state index contributed by atoms with van der Waals surface area (Å²) in [4.78, 5) is 0. The molecule has 2 atom stereocenters. The molecule has 4 heteroatoms. The van der Waals surface area contributed by atoms with E-state index < -0.39 is 0 Å². The number of allylic oxidation sites excluding steroid dienone is 2. The molecular formula is C12H12BrClN2. The molecule has 0 aromatic rings. The standard InChI is InChI=1S/C12H12BrClN2/c1-12-5-10(14)9(13)4-11(12)16-15-6-8(12)7-2-3-7/h4-7,11H,2-3H2,1H3. The first-order chi connectivity index (χ1) is 7.61. The van der Waals surface area contributed by atoms with Crippen molar-refractivity contribution in [3.63, 3.8) is 0 Å². The van der Waals surface area contributed by atoms with Crippen molar-refractivity contribution in [2.45, 2.75) is 25.8 Å². The lowest BCUT2D eigenvalue weighted by molar-refractivity contribution is 0.403. The van der Waals surface area contributed by atoms with E-state index in [1.54, 1.807) is 0 Å². The molecule has 3 aliphatic rings. The third-order valence-corrected chi connectivity index (χ3v) is 4.83. The van der Waals surface area contributed by atoms with E-state index in [1.807, 2.05) is 6.20 Å². The smallest absolute Gasteiger partial charge is 0.103 e. The average molecular weight is 300 g/mol. The van der Waals surface area contributed by atoms with E-state index in [0.717, 1.165) is 9.51 Å². The van der Waals surface area contributed by atoms with E-state index in [2.05, 4.69) is 45.2 Å². The van der Waals surface area contributed by atoms with Crippen molar-refractivity contribution in [1.29, 1.82) is 0 Å². The normalized spacial score (nSPS) is 37.4. The molecular weight excluding hydrogens is 288 g/mol. The van der Waals surface area contributed by atoms with Gasteiger partial charge in [-0.05, 0) is 53.3 Å². The molecule has 0 bridgehead atoms. The van der Waals surface area contributed by atoms with E-state index in [9.17, 15) is 0 Å². The monoisotopic (exact) mass is 298 g/mol. The van der Waals surface area contributed by atoms with Gasteiger partial charge in [-0.3, -0.25) is 0 Å². The van der Waals surface area contributed by atoms with Gasteiger partial charge in [-0.2, -0.15) is 10.2 Å². The first-order valence-corrected chi connectivity index (χ1v) is 6.65. The molecule has 0 amide bonds. The fourth-order valence-corrected chi connectivity index (χ4v) is 3.12. The number of nitrogens with zero attached hydrogens (tertiary/aromatic N) is 2. The van der Waals surface area contributed by atoms with Crippen LogP contribution < -0.4 is 0 Å². The number of fused-ring (bicyclic) bond motifs is 1. The second-order valence-corrected chi connectivity index (χ2v) is 6.09. The number of hydrogen-bond acceptors (Lipinski definition) is 2. The van der Waals surface area contributed by atoms with E-state index in [-0.39, 0.29) is 11.5 Å². The van der Waals surface area contributed by atoms with Crippen LogP contribution in [0.5, 0.6) is 0 Å². The van der Waals surface area contributed by atoms with Crippen LogP contribution in [0, 0.1) is 11.3 Å². The molecule has 0 spiro atoms. The lowest BCUT2D eigenvalue weighted by Crippen LogP contribution is -2.34. The molecule has 2 unspecified atom stereocenters. The Hall–Kier alpha value is -0.410. The Bertz CT molecular complexity index is 460. The zero-order chi connectivity index (χ0) is 11.3. The van der Waals surface area contributed by atoms with Crippen molar-refractivity contribution in [2.24, 2.45) is 21.6 Å². The highest BCUT2D eigenvalue weighted by molar-refractivity contribution is 9.12. The van der Waals surface area contributed by atoms with Crippen molar-refractivity contribution >= 4 is 27.5 Å². The molecule has 84 valence electrons. The summed E-state index contributed by atoms with van der Waals surface area (Å²) in [5, 5.41) is 9.22. The summed E-state index contributed by atoms with van der Waals surface area (Å²) in [7, 11) is 0. The minimum atomic E-state index is -0.0722. The minimum absolute atomic E-state index is 0.0722. The third kappa shape index (κ3) is 1.52. The van der Waals surface area contributed by atoms with Crippen LogP contribution >= 0.6 is 27.5 Å². The van der Waals surface area contributed by atoms with Crippen LogP contribution in [-0.4, -0.2) is 6.04 Å². The number of rotatable bonds is 1. The quantitative estimate of drug-likeness (QED) is 0.679. The summed E-state index contributed by atoms with van der Waals surface area (Å²) in [5.41, 5.74) is 1.32. The van der Waals surface area contributed by atoms with Crippen LogP contribution in [0.3, 0.4) is 0 Å². The predicted octanol–water partition coefficient (Wildman–Crippen LogP) is 4.54. The van der Waals surface area contributed by atoms with Crippen molar-refractivity contribution in [1.82, 2.24) is 0 Å². The minimum Gasteiger partial charge on any atom is -0.180 e. The molecule has 1 fully saturated rings. The van der Waals surface area contributed by atoms with Crippen LogP contribution in [0.25, 0.3) is 0 Å². The van der Waals surface area contributed by atoms with Crippen molar-refractivity contribution in [3.05, 3.63) is 33.4 Å². The zero-order valence-corrected chi connectivity index (χ0v) is 11.3. The topological polar surface area (TPSA) is 24.7 Å². The van der Waals surface area contributed by atoms with Crippen molar-refractivity contribution in [2.75, 3.05) is 0 Å². The Morgan fingerprint density at radius 3 is 2.94 bits per heavy atom. The second kappa shape index (κ2) is 3.54. The molecule has 16 heavy (non-hydrogen) atoms. The molecule has 0 radical (unpaired) electrons. The number of hydrogen-bond donors (Lipinski definition) is 0. The molecule has 0 aromatic carbocycles. The van der Waals surface area contributed by atoms with Crippen LogP contribution in [0.2, 0.25) is 0 Å². The van der Waals surface area contributed by atoms with Crippen molar-refractivity contribution < 1.29 is 0 Å². The molecule has 1 saturated carbocycles. The summed E-state index contributed by atoms with van der Waals surface area (Å²) in [6, 6.07) is 0.0879. The van der Waals surface area contributed by atoms with Gasteiger partial charge in [0.15, 0.2) is 0 Å². The highest BCUT2D eigenvalue weighted by Gasteiger charge is 2.45. The predicted molar refractivity (Wildman–Crippen MR) is 68.5 cm³/mol. The van der Waals surface area contributed by atoms with Gasteiger partial charge in [0.2, 0.25) is 0 Å². The van der Waals surface area contributed by atoms with Crippen LogP contribution in [0.4, 0.5) is 0 Å². The summed E-state index contributed by atoms with van der Waals surface area (Å²) < 4.78 is 0.924. The van der Waals surface area contributed by atoms with Gasteiger partial charge in [0.25, 0.3) is 0 Å². The molecule has 2 aliphatic carbocycles. The lowest BCUT2D eigenvalue weighted by Gasteiger charge is -2.37. The molecule has 2 nitrogen and oxygen atoms in total. The van der Waals surface area contributed by atoms with Gasteiger partial charge in [-0.1, -0.05) is 17.7 Å². The fraction of sp³-hybridized carbons (Fsp3) is 0.500. The summed E-state index contributed by atoms with van der Waals surface area (Å²) in [5.74, 6) is 0.692. The largest absolute Gasteiger partial charge is 0.180 e. The highest BCUT2D eigenvalue weighted by Crippen LogP contribution is 2.53. The van der Waals surface area contributed by atoms with Gasteiger partial charge in [-0.25, -0.2) is 0 Å². The SMILES string of the molecule is CC12C=C(Cl)C(Br)=CC1N=NC=C2C1CC1. The summed E-state index contributed by atoms with van der Waals surface area (Å²) in [6.45, 7) is 2.21. The van der Waals surface area contributed by atoms with Gasteiger partial charge in [0.05, 0.1) is 5.03 Å². The maximum atomic E-state index is 6.21. The van der Waals surface area contributed by atoms with Crippen LogP contribution in [-0.2, 0) is 0 Å². The maximum Gasteiger partial charge on any atom is 0.103 e. The zero-order valence-electron chi connectivity index (χ0n) is 8.95. The molecule has 1 aliphatic heterocycles. The number of halogens is 2.